The minimum absolute atomic E-state index is 0.333. The Morgan fingerprint density at radius 1 is 0.933 bits per heavy atom. The van der Waals surface area contributed by atoms with Crippen LogP contribution in [0.15, 0.2) is 66.7 Å². The van der Waals surface area contributed by atoms with Crippen molar-refractivity contribution in [3.05, 3.63) is 89.0 Å². The fraction of sp³-hybridized carbons (Fsp3) is 0.0435. The number of anilines is 2. The number of fused-ring (bicyclic) bond motifs is 2. The number of carbonyl (C=O) groups excluding carboxylic acids is 3. The summed E-state index contributed by atoms with van der Waals surface area (Å²) in [6.45, 7) is 2.00. The lowest BCUT2D eigenvalue weighted by Crippen LogP contribution is -2.29. The topological polar surface area (TPSA) is 79.4 Å². The Labute approximate surface area is 175 Å². The van der Waals surface area contributed by atoms with Gasteiger partial charge in [-0.25, -0.2) is 9.88 Å². The zero-order chi connectivity index (χ0) is 20.8. The lowest BCUT2D eigenvalue weighted by Gasteiger charge is -2.14. The second-order valence-electron chi connectivity index (χ2n) is 6.99. The lowest BCUT2D eigenvalue weighted by molar-refractivity contribution is 0.0924. The van der Waals surface area contributed by atoms with Crippen LogP contribution in [0, 0.1) is 6.92 Å². The molecular formula is C23H15N3O3S. The molecule has 0 atom stereocenters. The summed E-state index contributed by atoms with van der Waals surface area (Å²) in [6, 6.07) is 19.1. The van der Waals surface area contributed by atoms with Gasteiger partial charge >= 0.3 is 0 Å². The number of carbonyl (C=O) groups is 3. The molecule has 3 amide bonds. The quantitative estimate of drug-likeness (QED) is 0.496. The van der Waals surface area contributed by atoms with E-state index in [1.54, 1.807) is 42.5 Å². The zero-order valence-corrected chi connectivity index (χ0v) is 16.7. The number of thiazole rings is 1. The van der Waals surface area contributed by atoms with E-state index in [1.807, 2.05) is 25.1 Å². The number of benzene rings is 3. The van der Waals surface area contributed by atoms with Crippen molar-refractivity contribution in [1.29, 1.82) is 0 Å². The van der Waals surface area contributed by atoms with Gasteiger partial charge in [0.15, 0.2) is 5.13 Å². The molecule has 1 aliphatic heterocycles. The van der Waals surface area contributed by atoms with Crippen molar-refractivity contribution in [3.63, 3.8) is 0 Å². The maximum absolute atomic E-state index is 12.8. The molecule has 1 aromatic heterocycles. The van der Waals surface area contributed by atoms with Crippen LogP contribution in [-0.2, 0) is 0 Å². The predicted octanol–water partition coefficient (Wildman–Crippen LogP) is 4.66. The van der Waals surface area contributed by atoms with Crippen LogP contribution in [0.4, 0.5) is 10.8 Å². The zero-order valence-electron chi connectivity index (χ0n) is 15.9. The smallest absolute Gasteiger partial charge is 0.266 e. The molecule has 7 heteroatoms. The first-order valence-electron chi connectivity index (χ1n) is 9.28. The molecule has 0 bridgehead atoms. The summed E-state index contributed by atoms with van der Waals surface area (Å²) in [4.78, 5) is 43.7. The number of aromatic nitrogens is 1. The van der Waals surface area contributed by atoms with Crippen LogP contribution in [-0.4, -0.2) is 22.7 Å². The summed E-state index contributed by atoms with van der Waals surface area (Å²) in [5.74, 6) is -1.14. The van der Waals surface area contributed by atoms with E-state index >= 15 is 0 Å². The van der Waals surface area contributed by atoms with Gasteiger partial charge in [0, 0.05) is 5.56 Å². The average Bonchev–Trinajstić information content (AvgIpc) is 3.26. The molecule has 0 aliphatic carbocycles. The largest absolute Gasteiger partial charge is 0.298 e. The van der Waals surface area contributed by atoms with Crippen LogP contribution in [0.5, 0.6) is 0 Å². The summed E-state index contributed by atoms with van der Waals surface area (Å²) >= 11 is 1.39. The average molecular weight is 413 g/mol. The van der Waals surface area contributed by atoms with Crippen LogP contribution in [0.1, 0.15) is 36.6 Å². The van der Waals surface area contributed by atoms with E-state index in [1.165, 1.54) is 17.4 Å². The van der Waals surface area contributed by atoms with Gasteiger partial charge in [-0.15, -0.1) is 0 Å². The van der Waals surface area contributed by atoms with E-state index in [0.29, 0.717) is 27.5 Å². The molecule has 2 heterocycles. The van der Waals surface area contributed by atoms with E-state index in [-0.39, 0.29) is 5.91 Å². The fourth-order valence-electron chi connectivity index (χ4n) is 3.46. The molecule has 0 fully saturated rings. The molecule has 1 N–H and O–H groups in total. The van der Waals surface area contributed by atoms with Gasteiger partial charge in [0.05, 0.1) is 27.0 Å². The summed E-state index contributed by atoms with van der Waals surface area (Å²) in [7, 11) is 0. The molecule has 4 aromatic rings. The van der Waals surface area contributed by atoms with Gasteiger partial charge in [-0.1, -0.05) is 35.6 Å². The Kier molecular flexibility index (Phi) is 4.18. The maximum atomic E-state index is 12.8. The van der Waals surface area contributed by atoms with Crippen molar-refractivity contribution in [1.82, 2.24) is 4.98 Å². The lowest BCUT2D eigenvalue weighted by atomic mass is 10.1. The van der Waals surface area contributed by atoms with E-state index in [0.717, 1.165) is 20.7 Å². The standard InChI is InChI=1S/C23H15N3O3S/c1-13-9-10-18-19(11-13)30-23(24-18)25-20(27)14-5-4-6-15(12-14)26-21(28)16-7-2-3-8-17(16)22(26)29/h2-12H,1H3,(H,24,25,27). The first kappa shape index (κ1) is 18.2. The number of aryl methyl sites for hydroxylation is 1. The number of imide groups is 1. The van der Waals surface area contributed by atoms with Gasteiger partial charge in [-0.2, -0.15) is 0 Å². The molecule has 1 aliphatic rings. The molecule has 6 nitrogen and oxygen atoms in total. The van der Waals surface area contributed by atoms with E-state index < -0.39 is 11.8 Å². The van der Waals surface area contributed by atoms with Gasteiger partial charge < -0.3 is 0 Å². The summed E-state index contributed by atoms with van der Waals surface area (Å²) in [5, 5.41) is 3.30. The second kappa shape index (κ2) is 6.89. The fourth-order valence-corrected chi connectivity index (χ4v) is 4.42. The Morgan fingerprint density at radius 2 is 1.67 bits per heavy atom. The van der Waals surface area contributed by atoms with Crippen molar-refractivity contribution in [2.24, 2.45) is 0 Å². The van der Waals surface area contributed by atoms with Gasteiger partial charge in [0.1, 0.15) is 0 Å². The van der Waals surface area contributed by atoms with Gasteiger partial charge in [-0.3, -0.25) is 19.7 Å². The number of hydrogen-bond donors (Lipinski definition) is 1. The van der Waals surface area contributed by atoms with E-state index in [2.05, 4.69) is 10.3 Å². The van der Waals surface area contributed by atoms with Crippen molar-refractivity contribution >= 4 is 50.1 Å². The second-order valence-corrected chi connectivity index (χ2v) is 8.02. The molecule has 0 spiro atoms. The summed E-state index contributed by atoms with van der Waals surface area (Å²) in [5.41, 5.74) is 3.36. The highest BCUT2D eigenvalue weighted by atomic mass is 32.1. The number of amides is 3. The highest BCUT2D eigenvalue weighted by Crippen LogP contribution is 2.30. The molecule has 146 valence electrons. The van der Waals surface area contributed by atoms with Crippen molar-refractivity contribution in [3.8, 4) is 0 Å². The predicted molar refractivity (Wildman–Crippen MR) is 116 cm³/mol. The number of hydrogen-bond acceptors (Lipinski definition) is 5. The molecule has 3 aromatic carbocycles. The van der Waals surface area contributed by atoms with Crippen LogP contribution >= 0.6 is 11.3 Å². The number of nitrogens with one attached hydrogen (secondary N) is 1. The third kappa shape index (κ3) is 2.96. The Hall–Kier alpha value is -3.84. The van der Waals surface area contributed by atoms with Gasteiger partial charge in [-0.05, 0) is 55.0 Å². The van der Waals surface area contributed by atoms with Gasteiger partial charge in [0.2, 0.25) is 0 Å². The Balaban J connectivity index is 1.42. The Morgan fingerprint density at radius 3 is 2.40 bits per heavy atom. The van der Waals surface area contributed by atoms with E-state index in [9.17, 15) is 14.4 Å². The molecule has 5 rings (SSSR count). The highest BCUT2D eigenvalue weighted by Gasteiger charge is 2.36. The third-order valence-electron chi connectivity index (χ3n) is 4.93. The van der Waals surface area contributed by atoms with Crippen LogP contribution in [0.2, 0.25) is 0 Å². The van der Waals surface area contributed by atoms with Gasteiger partial charge in [0.25, 0.3) is 17.7 Å². The van der Waals surface area contributed by atoms with Crippen molar-refractivity contribution in [2.45, 2.75) is 6.92 Å². The molecule has 0 radical (unpaired) electrons. The first-order valence-corrected chi connectivity index (χ1v) is 10.1. The van der Waals surface area contributed by atoms with Crippen LogP contribution < -0.4 is 10.2 Å². The summed E-state index contributed by atoms with van der Waals surface area (Å²) < 4.78 is 0.991. The number of rotatable bonds is 3. The van der Waals surface area contributed by atoms with Crippen molar-refractivity contribution < 1.29 is 14.4 Å². The Bertz CT molecular complexity index is 1320. The monoisotopic (exact) mass is 413 g/mol. The number of nitrogens with zero attached hydrogens (tertiary/aromatic N) is 2. The molecule has 0 saturated carbocycles. The SMILES string of the molecule is Cc1ccc2nc(NC(=O)c3cccc(N4C(=O)c5ccccc5C4=O)c3)sc2c1. The van der Waals surface area contributed by atoms with Crippen LogP contribution in [0.3, 0.4) is 0 Å². The molecule has 0 saturated heterocycles. The van der Waals surface area contributed by atoms with Crippen molar-refractivity contribution in [2.75, 3.05) is 10.2 Å². The maximum Gasteiger partial charge on any atom is 0.266 e. The highest BCUT2D eigenvalue weighted by molar-refractivity contribution is 7.22. The molecule has 30 heavy (non-hydrogen) atoms. The molecular weight excluding hydrogens is 398 g/mol. The minimum atomic E-state index is -0.394. The third-order valence-corrected chi connectivity index (χ3v) is 5.86. The van der Waals surface area contributed by atoms with E-state index in [4.69, 9.17) is 0 Å². The normalized spacial score (nSPS) is 13.0. The minimum Gasteiger partial charge on any atom is -0.298 e. The summed E-state index contributed by atoms with van der Waals surface area (Å²) in [6.07, 6.45) is 0. The molecule has 0 unspecified atom stereocenters. The van der Waals surface area contributed by atoms with Crippen LogP contribution in [0.25, 0.3) is 10.2 Å². The first-order chi connectivity index (χ1) is 14.5.